The Morgan fingerprint density at radius 1 is 1.33 bits per heavy atom. The molecule has 21 heavy (non-hydrogen) atoms. The molecule has 1 aromatic carbocycles. The molecular weight excluding hydrogens is 290 g/mol. The lowest BCUT2D eigenvalue weighted by atomic mass is 10.0. The summed E-state index contributed by atoms with van der Waals surface area (Å²) in [6.07, 6.45) is 1.60. The van der Waals surface area contributed by atoms with Gasteiger partial charge in [-0.25, -0.2) is 13.2 Å². The molecule has 1 aromatic rings. The van der Waals surface area contributed by atoms with Crippen molar-refractivity contribution >= 4 is 27.4 Å². The van der Waals surface area contributed by atoms with Gasteiger partial charge in [0.15, 0.2) is 0 Å². The number of anilines is 2. The summed E-state index contributed by atoms with van der Waals surface area (Å²) in [4.78, 5) is 11.5. The van der Waals surface area contributed by atoms with Crippen molar-refractivity contribution in [1.82, 2.24) is 5.32 Å². The number of carbonyl (C=O) groups excluding carboxylic acids is 1. The topological polar surface area (TPSA) is 78.5 Å². The molecule has 0 spiro atoms. The van der Waals surface area contributed by atoms with E-state index in [2.05, 4.69) is 10.6 Å². The second kappa shape index (κ2) is 6.34. The number of fused-ring (bicyclic) bond motifs is 1. The number of amides is 2. The van der Waals surface area contributed by atoms with Crippen LogP contribution in [0.4, 0.5) is 16.2 Å². The maximum absolute atomic E-state index is 12.1. The molecule has 116 valence electrons. The van der Waals surface area contributed by atoms with Crippen molar-refractivity contribution < 1.29 is 13.2 Å². The van der Waals surface area contributed by atoms with Crippen LogP contribution in [0.5, 0.6) is 0 Å². The lowest BCUT2D eigenvalue weighted by Crippen LogP contribution is -2.36. The minimum absolute atomic E-state index is 0.0886. The number of nitrogens with one attached hydrogen (secondary N) is 2. The highest BCUT2D eigenvalue weighted by Gasteiger charge is 2.26. The van der Waals surface area contributed by atoms with Crippen LogP contribution in [0, 0.1) is 0 Å². The van der Waals surface area contributed by atoms with Gasteiger partial charge in [0, 0.05) is 18.8 Å². The monoisotopic (exact) mass is 311 g/mol. The van der Waals surface area contributed by atoms with Crippen molar-refractivity contribution in [3.63, 3.8) is 0 Å². The number of carbonyl (C=O) groups is 1. The summed E-state index contributed by atoms with van der Waals surface area (Å²) in [5.41, 5.74) is 2.35. The second-order valence-corrected chi connectivity index (χ2v) is 7.09. The average Bonchev–Trinajstić information content (AvgIpc) is 2.46. The molecule has 1 aliphatic rings. The highest BCUT2D eigenvalue weighted by Crippen LogP contribution is 2.31. The van der Waals surface area contributed by atoms with Gasteiger partial charge in [-0.05, 0) is 50.5 Å². The van der Waals surface area contributed by atoms with Gasteiger partial charge in [0.05, 0.1) is 11.4 Å². The first-order valence-electron chi connectivity index (χ1n) is 7.16. The van der Waals surface area contributed by atoms with E-state index < -0.39 is 10.0 Å². The van der Waals surface area contributed by atoms with E-state index in [1.807, 2.05) is 13.0 Å². The fourth-order valence-corrected chi connectivity index (χ4v) is 3.62. The molecule has 6 nitrogen and oxygen atoms in total. The van der Waals surface area contributed by atoms with Gasteiger partial charge in [-0.2, -0.15) is 0 Å². The minimum Gasteiger partial charge on any atom is -0.338 e. The van der Waals surface area contributed by atoms with Gasteiger partial charge >= 0.3 is 6.03 Å². The molecule has 2 amide bonds. The Hall–Kier alpha value is -1.76. The lowest BCUT2D eigenvalue weighted by Gasteiger charge is -2.30. The maximum Gasteiger partial charge on any atom is 0.319 e. The van der Waals surface area contributed by atoms with Gasteiger partial charge in [-0.15, -0.1) is 0 Å². The minimum atomic E-state index is -3.25. The number of urea groups is 1. The Kier molecular flexibility index (Phi) is 4.72. The molecule has 1 aliphatic heterocycles. The molecule has 0 radical (unpaired) electrons. The van der Waals surface area contributed by atoms with Crippen LogP contribution < -0.4 is 14.9 Å². The van der Waals surface area contributed by atoms with Crippen molar-refractivity contribution in [3.05, 3.63) is 23.8 Å². The standard InChI is InChI=1S/C14H21N3O3S/c1-3-15-14(18)16-12-7-8-13-11(10-12)6-5-9-17(13)21(19,20)4-2/h7-8,10H,3-6,9H2,1-2H3,(H2,15,16,18). The van der Waals surface area contributed by atoms with Crippen molar-refractivity contribution in [2.45, 2.75) is 26.7 Å². The molecule has 0 saturated heterocycles. The average molecular weight is 311 g/mol. The van der Waals surface area contributed by atoms with Crippen molar-refractivity contribution in [2.75, 3.05) is 28.5 Å². The van der Waals surface area contributed by atoms with Gasteiger partial charge in [-0.1, -0.05) is 0 Å². The predicted octanol–water partition coefficient (Wildman–Crippen LogP) is 1.93. The smallest absolute Gasteiger partial charge is 0.319 e. The summed E-state index contributed by atoms with van der Waals surface area (Å²) in [6, 6.07) is 5.09. The number of nitrogens with zero attached hydrogens (tertiary/aromatic N) is 1. The fourth-order valence-electron chi connectivity index (χ4n) is 2.42. The molecule has 0 unspecified atom stereocenters. The van der Waals surface area contributed by atoms with E-state index in [1.165, 1.54) is 4.31 Å². The molecule has 0 saturated carbocycles. The quantitative estimate of drug-likeness (QED) is 0.892. The van der Waals surface area contributed by atoms with Crippen LogP contribution in [0.2, 0.25) is 0 Å². The number of sulfonamides is 1. The van der Waals surface area contributed by atoms with E-state index in [0.717, 1.165) is 24.1 Å². The van der Waals surface area contributed by atoms with Crippen LogP contribution in [0.3, 0.4) is 0 Å². The summed E-state index contributed by atoms with van der Waals surface area (Å²) in [5.74, 6) is 0.0886. The Morgan fingerprint density at radius 2 is 2.10 bits per heavy atom. The Morgan fingerprint density at radius 3 is 2.76 bits per heavy atom. The third-order valence-electron chi connectivity index (χ3n) is 3.45. The van der Waals surface area contributed by atoms with Gasteiger partial charge in [0.25, 0.3) is 0 Å². The maximum atomic E-state index is 12.1. The Labute approximate surface area is 125 Å². The number of benzene rings is 1. The third-order valence-corrected chi connectivity index (χ3v) is 5.23. The number of hydrogen-bond donors (Lipinski definition) is 2. The SMILES string of the molecule is CCNC(=O)Nc1ccc2c(c1)CCCN2S(=O)(=O)CC. The van der Waals surface area contributed by atoms with Gasteiger partial charge < -0.3 is 10.6 Å². The fraction of sp³-hybridized carbons (Fsp3) is 0.500. The Bertz CT molecular complexity index is 628. The zero-order valence-electron chi connectivity index (χ0n) is 12.3. The van der Waals surface area contributed by atoms with Crippen molar-refractivity contribution in [3.8, 4) is 0 Å². The van der Waals surface area contributed by atoms with Crippen LogP contribution in [-0.4, -0.2) is 33.3 Å². The first kappa shape index (κ1) is 15.6. The third kappa shape index (κ3) is 3.47. The summed E-state index contributed by atoms with van der Waals surface area (Å²) >= 11 is 0. The zero-order valence-corrected chi connectivity index (χ0v) is 13.2. The molecule has 2 N–H and O–H groups in total. The summed E-state index contributed by atoms with van der Waals surface area (Å²) in [6.45, 7) is 4.57. The molecule has 2 rings (SSSR count). The van der Waals surface area contributed by atoms with Crippen LogP contribution in [0.1, 0.15) is 25.8 Å². The van der Waals surface area contributed by atoms with Crippen molar-refractivity contribution in [1.29, 1.82) is 0 Å². The normalized spacial score (nSPS) is 14.5. The van der Waals surface area contributed by atoms with E-state index in [0.29, 0.717) is 18.8 Å². The van der Waals surface area contributed by atoms with Crippen LogP contribution >= 0.6 is 0 Å². The first-order chi connectivity index (χ1) is 9.97. The summed E-state index contributed by atoms with van der Waals surface area (Å²) < 4.78 is 25.7. The molecule has 1 heterocycles. The summed E-state index contributed by atoms with van der Waals surface area (Å²) in [7, 11) is -3.25. The molecule has 0 aliphatic carbocycles. The van der Waals surface area contributed by atoms with E-state index >= 15 is 0 Å². The molecule has 0 atom stereocenters. The molecular formula is C14H21N3O3S. The molecule has 0 fully saturated rings. The molecule has 0 bridgehead atoms. The highest BCUT2D eigenvalue weighted by molar-refractivity contribution is 7.92. The van der Waals surface area contributed by atoms with Gasteiger partial charge in [0.1, 0.15) is 0 Å². The van der Waals surface area contributed by atoms with Crippen LogP contribution in [0.15, 0.2) is 18.2 Å². The van der Waals surface area contributed by atoms with E-state index in [9.17, 15) is 13.2 Å². The highest BCUT2D eigenvalue weighted by atomic mass is 32.2. The number of hydrogen-bond acceptors (Lipinski definition) is 3. The number of rotatable bonds is 4. The van der Waals surface area contributed by atoms with Crippen LogP contribution in [0.25, 0.3) is 0 Å². The van der Waals surface area contributed by atoms with Crippen molar-refractivity contribution in [2.24, 2.45) is 0 Å². The van der Waals surface area contributed by atoms with Gasteiger partial charge in [-0.3, -0.25) is 4.31 Å². The molecule has 0 aromatic heterocycles. The second-order valence-electron chi connectivity index (χ2n) is 4.90. The molecule has 7 heteroatoms. The summed E-state index contributed by atoms with van der Waals surface area (Å²) in [5, 5.41) is 5.40. The lowest BCUT2D eigenvalue weighted by molar-refractivity contribution is 0.252. The Balaban J connectivity index is 2.26. The van der Waals surface area contributed by atoms with Crippen LogP contribution in [-0.2, 0) is 16.4 Å². The largest absolute Gasteiger partial charge is 0.338 e. The van der Waals surface area contributed by atoms with E-state index in [1.54, 1.807) is 19.1 Å². The predicted molar refractivity (Wildman–Crippen MR) is 84.3 cm³/mol. The first-order valence-corrected chi connectivity index (χ1v) is 8.77. The van der Waals surface area contributed by atoms with E-state index in [-0.39, 0.29) is 11.8 Å². The van der Waals surface area contributed by atoms with E-state index in [4.69, 9.17) is 0 Å². The zero-order chi connectivity index (χ0) is 15.5. The van der Waals surface area contributed by atoms with Gasteiger partial charge in [0.2, 0.25) is 10.0 Å². The number of aryl methyl sites for hydroxylation is 1.